The molecule has 1 amide bonds. The summed E-state index contributed by atoms with van der Waals surface area (Å²) in [4.78, 5) is 15.1. The van der Waals surface area contributed by atoms with Crippen LogP contribution in [0.3, 0.4) is 0 Å². The van der Waals surface area contributed by atoms with Crippen LogP contribution >= 0.6 is 0 Å². The highest BCUT2D eigenvalue weighted by Gasteiger charge is 2.36. The zero-order valence-corrected chi connectivity index (χ0v) is 20.4. The van der Waals surface area contributed by atoms with Gasteiger partial charge in [-0.2, -0.15) is 0 Å². The molecule has 0 aliphatic carbocycles. The average Bonchev–Trinajstić information content (AvgIpc) is 3.44. The summed E-state index contributed by atoms with van der Waals surface area (Å²) in [6.07, 6.45) is 0.902. The number of rotatable bonds is 8. The summed E-state index contributed by atoms with van der Waals surface area (Å²) < 4.78 is 54.0. The van der Waals surface area contributed by atoms with Gasteiger partial charge in [-0.1, -0.05) is 42.4 Å². The van der Waals surface area contributed by atoms with Crippen molar-refractivity contribution in [2.24, 2.45) is 0 Å². The van der Waals surface area contributed by atoms with Crippen LogP contribution in [0, 0.1) is 0 Å². The highest BCUT2D eigenvalue weighted by atomic mass is 32.2. The molecule has 1 atom stereocenters. The fourth-order valence-electron chi connectivity index (χ4n) is 4.04. The van der Waals surface area contributed by atoms with Crippen LogP contribution in [0.15, 0.2) is 70.1 Å². The first-order valence-corrected chi connectivity index (χ1v) is 14.5. The third kappa shape index (κ3) is 5.39. The highest BCUT2D eigenvalue weighted by molar-refractivity contribution is 7.91. The summed E-state index contributed by atoms with van der Waals surface area (Å²) >= 11 is 0. The lowest BCUT2D eigenvalue weighted by atomic mass is 10.1. The van der Waals surface area contributed by atoms with Crippen LogP contribution < -0.4 is 0 Å². The van der Waals surface area contributed by atoms with Crippen LogP contribution in [0.2, 0.25) is 0 Å². The van der Waals surface area contributed by atoms with Gasteiger partial charge in [-0.25, -0.2) is 16.8 Å². The van der Waals surface area contributed by atoms with E-state index in [1.807, 2.05) is 30.3 Å². The molecule has 1 aliphatic heterocycles. The normalized spacial score (nSPS) is 17.5. The molecule has 1 aliphatic rings. The third-order valence-electron chi connectivity index (χ3n) is 5.81. The van der Waals surface area contributed by atoms with Crippen LogP contribution in [0.1, 0.15) is 35.8 Å². The zero-order valence-electron chi connectivity index (χ0n) is 18.8. The Morgan fingerprint density at radius 1 is 1.12 bits per heavy atom. The minimum atomic E-state index is -3.33. The number of sulfone groups is 2. The van der Waals surface area contributed by atoms with Crippen molar-refractivity contribution in [3.63, 3.8) is 0 Å². The average molecular weight is 503 g/mol. The number of carbonyl (C=O) groups is 1. The first-order valence-electron chi connectivity index (χ1n) is 11.0. The molecule has 2 heterocycles. The van der Waals surface area contributed by atoms with Gasteiger partial charge < -0.3 is 9.42 Å². The lowest BCUT2D eigenvalue weighted by molar-refractivity contribution is 0.0670. The van der Waals surface area contributed by atoms with E-state index < -0.39 is 31.6 Å². The molecule has 34 heavy (non-hydrogen) atoms. The van der Waals surface area contributed by atoms with Gasteiger partial charge in [-0.15, -0.1) is 0 Å². The van der Waals surface area contributed by atoms with E-state index in [0.29, 0.717) is 24.2 Å². The molecule has 2 aromatic carbocycles. The number of benzene rings is 2. The molecule has 0 bridgehead atoms. The summed E-state index contributed by atoms with van der Waals surface area (Å²) in [5.74, 6) is -0.0523. The maximum absolute atomic E-state index is 13.4. The second-order valence-electron chi connectivity index (χ2n) is 8.40. The van der Waals surface area contributed by atoms with Gasteiger partial charge in [0.2, 0.25) is 0 Å². The number of aromatic nitrogens is 1. The van der Waals surface area contributed by atoms with Gasteiger partial charge in [0.05, 0.1) is 22.2 Å². The summed E-state index contributed by atoms with van der Waals surface area (Å²) in [5.41, 5.74) is 1.53. The van der Waals surface area contributed by atoms with Crippen molar-refractivity contribution in [3.8, 4) is 11.3 Å². The third-order valence-corrected chi connectivity index (χ3v) is 9.49. The summed E-state index contributed by atoms with van der Waals surface area (Å²) in [6, 6.07) is 16.7. The van der Waals surface area contributed by atoms with Crippen LogP contribution in [-0.2, 0) is 26.2 Å². The molecule has 4 rings (SSSR count). The zero-order chi connectivity index (χ0) is 24.3. The minimum absolute atomic E-state index is 0.0492. The Morgan fingerprint density at radius 3 is 2.44 bits per heavy atom. The van der Waals surface area contributed by atoms with E-state index in [4.69, 9.17) is 4.52 Å². The Balaban J connectivity index is 1.58. The smallest absolute Gasteiger partial charge is 0.276 e. The molecule has 0 N–H and O–H groups in total. The van der Waals surface area contributed by atoms with Crippen molar-refractivity contribution in [1.82, 2.24) is 10.1 Å². The topological polar surface area (TPSA) is 115 Å². The molecular formula is C24H26N2O6S2. The van der Waals surface area contributed by atoms with Gasteiger partial charge in [0.15, 0.2) is 31.1 Å². The maximum Gasteiger partial charge on any atom is 0.276 e. The Hall–Kier alpha value is -2.98. The first-order chi connectivity index (χ1) is 16.2. The Bertz CT molecular complexity index is 1360. The maximum atomic E-state index is 13.4. The van der Waals surface area contributed by atoms with E-state index in [1.165, 1.54) is 18.2 Å². The van der Waals surface area contributed by atoms with E-state index in [2.05, 4.69) is 5.16 Å². The second-order valence-corrected chi connectivity index (χ2v) is 12.7. The van der Waals surface area contributed by atoms with Crippen molar-refractivity contribution >= 4 is 25.6 Å². The number of hydrogen-bond acceptors (Lipinski definition) is 7. The molecule has 1 unspecified atom stereocenters. The molecular weight excluding hydrogens is 476 g/mol. The number of hydrogen-bond donors (Lipinski definition) is 0. The van der Waals surface area contributed by atoms with Gasteiger partial charge in [0.1, 0.15) is 0 Å². The van der Waals surface area contributed by atoms with Crippen molar-refractivity contribution in [2.45, 2.75) is 37.2 Å². The number of carbonyl (C=O) groups excluding carboxylic acids is 1. The van der Waals surface area contributed by atoms with E-state index in [0.717, 1.165) is 5.56 Å². The minimum Gasteiger partial charge on any atom is -0.355 e. The quantitative estimate of drug-likeness (QED) is 0.464. The van der Waals surface area contributed by atoms with Crippen LogP contribution in [0.4, 0.5) is 0 Å². The molecule has 1 aromatic heterocycles. The van der Waals surface area contributed by atoms with E-state index in [9.17, 15) is 21.6 Å². The lowest BCUT2D eigenvalue weighted by Crippen LogP contribution is -2.40. The summed E-state index contributed by atoms with van der Waals surface area (Å²) in [7, 11) is -6.53. The standard InChI is InChI=1S/C24H26N2O6S2/c1-2-13-34(30,31)21-10-8-19(9-11-21)23-15-22(25-32-23)24(27)26(16-18-6-4-3-5-7-18)20-12-14-33(28,29)17-20/h3-11,15,20H,2,12-14,16-17H2,1H3. The predicted octanol–water partition coefficient (Wildman–Crippen LogP) is 3.35. The molecule has 8 nitrogen and oxygen atoms in total. The van der Waals surface area contributed by atoms with Crippen molar-refractivity contribution in [3.05, 3.63) is 71.9 Å². The molecule has 0 saturated carbocycles. The van der Waals surface area contributed by atoms with Crippen molar-refractivity contribution < 1.29 is 26.2 Å². The van der Waals surface area contributed by atoms with E-state index in [1.54, 1.807) is 24.0 Å². The fraction of sp³-hybridized carbons (Fsp3) is 0.333. The Morgan fingerprint density at radius 2 is 1.82 bits per heavy atom. The number of nitrogens with zero attached hydrogens (tertiary/aromatic N) is 2. The van der Waals surface area contributed by atoms with Gasteiger partial charge in [0, 0.05) is 24.2 Å². The van der Waals surface area contributed by atoms with Gasteiger partial charge in [-0.3, -0.25) is 4.79 Å². The summed E-state index contributed by atoms with van der Waals surface area (Å²) in [5, 5.41) is 3.93. The summed E-state index contributed by atoms with van der Waals surface area (Å²) in [6.45, 7) is 2.06. The second kappa shape index (κ2) is 9.71. The van der Waals surface area contributed by atoms with Crippen LogP contribution in [-0.4, -0.2) is 56.1 Å². The molecule has 1 fully saturated rings. The molecule has 1 saturated heterocycles. The number of amides is 1. The van der Waals surface area contributed by atoms with Gasteiger partial charge >= 0.3 is 0 Å². The monoisotopic (exact) mass is 502 g/mol. The largest absolute Gasteiger partial charge is 0.355 e. The van der Waals surface area contributed by atoms with Crippen LogP contribution in [0.25, 0.3) is 11.3 Å². The van der Waals surface area contributed by atoms with Gasteiger partial charge in [-0.05, 0) is 42.7 Å². The Kier molecular flexibility index (Phi) is 6.90. The fourth-order valence-corrected chi connectivity index (χ4v) is 7.09. The Labute approximate surface area is 199 Å². The SMILES string of the molecule is CCCS(=O)(=O)c1ccc(-c2cc(C(=O)N(Cc3ccccc3)C3CCS(=O)(=O)C3)no2)cc1. The van der Waals surface area contributed by atoms with E-state index in [-0.39, 0.29) is 34.4 Å². The lowest BCUT2D eigenvalue weighted by Gasteiger charge is -2.27. The molecule has 0 radical (unpaired) electrons. The van der Waals surface area contributed by atoms with E-state index >= 15 is 0 Å². The van der Waals surface area contributed by atoms with Crippen LogP contribution in [0.5, 0.6) is 0 Å². The highest BCUT2D eigenvalue weighted by Crippen LogP contribution is 2.26. The first kappa shape index (κ1) is 24.2. The van der Waals surface area contributed by atoms with Crippen molar-refractivity contribution in [1.29, 1.82) is 0 Å². The van der Waals surface area contributed by atoms with Gasteiger partial charge in [0.25, 0.3) is 5.91 Å². The molecule has 0 spiro atoms. The molecule has 3 aromatic rings. The predicted molar refractivity (Wildman–Crippen MR) is 128 cm³/mol. The molecule has 10 heteroatoms. The van der Waals surface area contributed by atoms with Crippen molar-refractivity contribution in [2.75, 3.05) is 17.3 Å². The molecule has 180 valence electrons.